The normalized spacial score (nSPS) is 22.2. The van der Waals surface area contributed by atoms with Crippen LogP contribution in [0.2, 0.25) is 0 Å². The van der Waals surface area contributed by atoms with E-state index in [9.17, 15) is 15.2 Å². The van der Waals surface area contributed by atoms with E-state index in [1.54, 1.807) is 10.9 Å². The van der Waals surface area contributed by atoms with Crippen molar-refractivity contribution in [1.29, 1.82) is 5.26 Å². The van der Waals surface area contributed by atoms with Gasteiger partial charge in [-0.2, -0.15) is 10.4 Å². The fourth-order valence-corrected chi connectivity index (χ4v) is 5.33. The van der Waals surface area contributed by atoms with Crippen LogP contribution in [0.15, 0.2) is 60.8 Å². The molecule has 0 spiro atoms. The average molecular weight is 499 g/mol. The third kappa shape index (κ3) is 5.59. The molecule has 0 bridgehead atoms. The molecule has 8 nitrogen and oxygen atoms in total. The molecule has 2 aromatic carbocycles. The van der Waals surface area contributed by atoms with E-state index < -0.39 is 11.8 Å². The second kappa shape index (κ2) is 10.9. The lowest BCUT2D eigenvalue weighted by molar-refractivity contribution is -0.117. The van der Waals surface area contributed by atoms with Gasteiger partial charge in [0.1, 0.15) is 6.23 Å². The number of benzene rings is 2. The van der Waals surface area contributed by atoms with Crippen LogP contribution < -0.4 is 16.4 Å². The topological polar surface area (TPSA) is 129 Å². The zero-order chi connectivity index (χ0) is 25.8. The van der Waals surface area contributed by atoms with E-state index >= 15 is 0 Å². The maximum atomic E-state index is 12.3. The van der Waals surface area contributed by atoms with Gasteiger partial charge in [0, 0.05) is 24.7 Å². The monoisotopic (exact) mass is 498 g/mol. The highest BCUT2D eigenvalue weighted by molar-refractivity contribution is 5.93. The van der Waals surface area contributed by atoms with Gasteiger partial charge in [0.2, 0.25) is 5.91 Å². The SMILES string of the molecule is N#CCC1(n2cc(C(N)O)c(NC(=O)C3CC3)n2)CCC(NCc2ccccc2-c2ccccc2)CC1. The zero-order valence-electron chi connectivity index (χ0n) is 20.9. The molecule has 37 heavy (non-hydrogen) atoms. The number of aliphatic hydroxyl groups is 1. The maximum absolute atomic E-state index is 12.3. The Morgan fingerprint density at radius 1 is 1.14 bits per heavy atom. The molecular weight excluding hydrogens is 464 g/mol. The third-order valence-corrected chi connectivity index (χ3v) is 7.74. The van der Waals surface area contributed by atoms with Crippen molar-refractivity contribution in [3.8, 4) is 17.2 Å². The molecule has 8 heteroatoms. The Morgan fingerprint density at radius 3 is 2.51 bits per heavy atom. The maximum Gasteiger partial charge on any atom is 0.228 e. The van der Waals surface area contributed by atoms with Gasteiger partial charge in [-0.25, -0.2) is 0 Å². The van der Waals surface area contributed by atoms with E-state index in [0.29, 0.717) is 23.8 Å². The van der Waals surface area contributed by atoms with E-state index in [4.69, 9.17) is 5.73 Å². The molecular formula is C29H34N6O2. The molecule has 2 saturated carbocycles. The van der Waals surface area contributed by atoms with Crippen molar-refractivity contribution in [2.45, 2.75) is 69.3 Å². The van der Waals surface area contributed by atoms with Crippen molar-refractivity contribution in [2.24, 2.45) is 11.7 Å². The van der Waals surface area contributed by atoms with Gasteiger partial charge >= 0.3 is 0 Å². The van der Waals surface area contributed by atoms with Crippen LogP contribution in [0.1, 0.15) is 62.3 Å². The van der Waals surface area contributed by atoms with Crippen molar-refractivity contribution < 1.29 is 9.90 Å². The minimum absolute atomic E-state index is 0.00882. The van der Waals surface area contributed by atoms with Crippen molar-refractivity contribution in [3.05, 3.63) is 71.9 Å². The van der Waals surface area contributed by atoms with Crippen molar-refractivity contribution >= 4 is 11.7 Å². The summed E-state index contributed by atoms with van der Waals surface area (Å²) in [5.74, 6) is 0.210. The number of anilines is 1. The highest BCUT2D eigenvalue weighted by atomic mass is 16.3. The Bertz CT molecular complexity index is 1270. The number of hydrogen-bond donors (Lipinski definition) is 4. The number of nitrogens with zero attached hydrogens (tertiary/aromatic N) is 3. The summed E-state index contributed by atoms with van der Waals surface area (Å²) >= 11 is 0. The lowest BCUT2D eigenvalue weighted by atomic mass is 9.77. The Balaban J connectivity index is 1.28. The molecule has 5 N–H and O–H groups in total. The van der Waals surface area contributed by atoms with Crippen LogP contribution in [0.4, 0.5) is 5.82 Å². The van der Waals surface area contributed by atoms with Crippen LogP contribution in [-0.2, 0) is 16.9 Å². The molecule has 1 atom stereocenters. The van der Waals surface area contributed by atoms with Gasteiger partial charge in [0.25, 0.3) is 0 Å². The molecule has 3 aromatic rings. The number of aliphatic hydroxyl groups excluding tert-OH is 1. The molecule has 2 aliphatic rings. The van der Waals surface area contributed by atoms with E-state index in [-0.39, 0.29) is 11.8 Å². The van der Waals surface area contributed by atoms with Gasteiger partial charge in [0.15, 0.2) is 5.82 Å². The molecule has 1 amide bonds. The molecule has 2 fully saturated rings. The molecule has 0 aliphatic heterocycles. The van der Waals surface area contributed by atoms with Crippen LogP contribution in [0.3, 0.4) is 0 Å². The third-order valence-electron chi connectivity index (χ3n) is 7.74. The van der Waals surface area contributed by atoms with Crippen molar-refractivity contribution in [1.82, 2.24) is 15.1 Å². The molecule has 192 valence electrons. The number of rotatable bonds is 9. The van der Waals surface area contributed by atoms with E-state index in [0.717, 1.165) is 45.1 Å². The molecule has 1 heterocycles. The van der Waals surface area contributed by atoms with Gasteiger partial charge in [-0.15, -0.1) is 0 Å². The van der Waals surface area contributed by atoms with E-state index in [1.807, 2.05) is 6.07 Å². The zero-order valence-corrected chi connectivity index (χ0v) is 20.9. The number of aromatic nitrogens is 2. The first-order chi connectivity index (χ1) is 18.0. The highest BCUT2D eigenvalue weighted by Crippen LogP contribution is 2.39. The second-order valence-corrected chi connectivity index (χ2v) is 10.3. The fraction of sp³-hybridized carbons (Fsp3) is 0.414. The van der Waals surface area contributed by atoms with Gasteiger partial charge in [-0.05, 0) is 55.2 Å². The summed E-state index contributed by atoms with van der Waals surface area (Å²) in [5.41, 5.74) is 9.36. The van der Waals surface area contributed by atoms with Gasteiger partial charge < -0.3 is 21.5 Å². The number of nitrogens with two attached hydrogens (primary N) is 1. The van der Waals surface area contributed by atoms with E-state index in [1.165, 1.54) is 16.7 Å². The van der Waals surface area contributed by atoms with Crippen LogP contribution in [0.5, 0.6) is 0 Å². The number of nitriles is 1. The summed E-state index contributed by atoms with van der Waals surface area (Å²) in [4.78, 5) is 12.3. The minimum Gasteiger partial charge on any atom is -0.374 e. The number of amides is 1. The standard InChI is InChI=1S/C29H34N6O2/c30-17-16-29(35-19-25(26(31)36)27(34-35)33-28(37)21-10-11-21)14-12-23(13-15-29)32-18-22-8-4-5-9-24(22)20-6-2-1-3-7-20/h1-9,19,21,23,26,32,36H,10-16,18,31H2,(H,33,34,37). The fourth-order valence-electron chi connectivity index (χ4n) is 5.33. The van der Waals surface area contributed by atoms with Crippen LogP contribution in [0, 0.1) is 17.2 Å². The van der Waals surface area contributed by atoms with Gasteiger partial charge in [-0.3, -0.25) is 9.48 Å². The molecule has 5 rings (SSSR count). The van der Waals surface area contributed by atoms with Crippen LogP contribution >= 0.6 is 0 Å². The average Bonchev–Trinajstić information content (AvgIpc) is 3.69. The van der Waals surface area contributed by atoms with Crippen molar-refractivity contribution in [3.63, 3.8) is 0 Å². The van der Waals surface area contributed by atoms with Gasteiger partial charge in [-0.1, -0.05) is 54.6 Å². The number of carbonyl (C=O) groups excluding carboxylic acids is 1. The summed E-state index contributed by atoms with van der Waals surface area (Å²) in [6.07, 6.45) is 5.78. The van der Waals surface area contributed by atoms with Crippen LogP contribution in [0.25, 0.3) is 11.1 Å². The number of nitrogens with one attached hydrogen (secondary N) is 2. The summed E-state index contributed by atoms with van der Waals surface area (Å²) in [6.45, 7) is 0.767. The summed E-state index contributed by atoms with van der Waals surface area (Å²) in [7, 11) is 0. The first-order valence-electron chi connectivity index (χ1n) is 13.1. The quantitative estimate of drug-likeness (QED) is 0.328. The largest absolute Gasteiger partial charge is 0.374 e. The Kier molecular flexibility index (Phi) is 7.38. The molecule has 0 radical (unpaired) electrons. The molecule has 1 aromatic heterocycles. The lowest BCUT2D eigenvalue weighted by Crippen LogP contribution is -2.43. The number of hydrogen-bond acceptors (Lipinski definition) is 6. The first-order valence-corrected chi connectivity index (χ1v) is 13.1. The van der Waals surface area contributed by atoms with Crippen molar-refractivity contribution in [2.75, 3.05) is 5.32 Å². The molecule has 0 saturated heterocycles. The van der Waals surface area contributed by atoms with Crippen LogP contribution in [-0.4, -0.2) is 26.8 Å². The Morgan fingerprint density at radius 2 is 1.84 bits per heavy atom. The van der Waals surface area contributed by atoms with Gasteiger partial charge in [0.05, 0.1) is 23.6 Å². The van der Waals surface area contributed by atoms with E-state index in [2.05, 4.69) is 70.3 Å². The Hall–Kier alpha value is -3.51. The summed E-state index contributed by atoms with van der Waals surface area (Å²) in [6, 6.07) is 21.5. The predicted molar refractivity (Wildman–Crippen MR) is 142 cm³/mol. The summed E-state index contributed by atoms with van der Waals surface area (Å²) < 4.78 is 1.77. The first kappa shape index (κ1) is 25.2. The smallest absolute Gasteiger partial charge is 0.228 e. The summed E-state index contributed by atoms with van der Waals surface area (Å²) in [5, 5.41) is 31.0. The molecule has 2 aliphatic carbocycles. The predicted octanol–water partition coefficient (Wildman–Crippen LogP) is 4.19. The number of carbonyl (C=O) groups is 1. The highest BCUT2D eigenvalue weighted by Gasteiger charge is 2.39. The minimum atomic E-state index is -1.26. The molecule has 1 unspecified atom stereocenters. The lowest BCUT2D eigenvalue weighted by Gasteiger charge is -2.39. The second-order valence-electron chi connectivity index (χ2n) is 10.3. The Labute approximate surface area is 217 Å².